The van der Waals surface area contributed by atoms with Crippen molar-refractivity contribution in [2.75, 3.05) is 14.1 Å². The Hall–Kier alpha value is -1.61. The summed E-state index contributed by atoms with van der Waals surface area (Å²) in [6, 6.07) is 10.7. The predicted molar refractivity (Wildman–Crippen MR) is 79.1 cm³/mol. The fraction of sp³-hybridized carbons (Fsp3) is 0.438. The van der Waals surface area contributed by atoms with E-state index in [2.05, 4.69) is 78.9 Å². The Morgan fingerprint density at radius 3 is 2.37 bits per heavy atom. The Labute approximate surface area is 115 Å². The number of rotatable bonds is 5. The summed E-state index contributed by atoms with van der Waals surface area (Å²) >= 11 is 0. The maximum absolute atomic E-state index is 4.33. The number of hydrogen-bond donors (Lipinski definition) is 0. The average molecular weight is 257 g/mol. The molecule has 19 heavy (non-hydrogen) atoms. The zero-order valence-corrected chi connectivity index (χ0v) is 12.3. The second kappa shape index (κ2) is 5.57. The van der Waals surface area contributed by atoms with Gasteiger partial charge in [-0.2, -0.15) is 0 Å². The van der Waals surface area contributed by atoms with Crippen LogP contribution in [-0.4, -0.2) is 28.5 Å². The first-order valence-corrected chi connectivity index (χ1v) is 6.81. The van der Waals surface area contributed by atoms with Gasteiger partial charge in [0.2, 0.25) is 0 Å². The molecule has 3 heteroatoms. The molecule has 2 aromatic rings. The minimum atomic E-state index is 0.00667. The molecular weight excluding hydrogens is 234 g/mol. The molecule has 0 saturated carbocycles. The SMILES string of the molecule is CCC(Cn1ccnc1C)(c1ccccc1)N(C)C. The fourth-order valence-corrected chi connectivity index (χ4v) is 2.72. The Bertz CT molecular complexity index is 516. The topological polar surface area (TPSA) is 21.1 Å². The highest BCUT2D eigenvalue weighted by molar-refractivity contribution is 5.24. The largest absolute Gasteiger partial charge is 0.333 e. The molecule has 102 valence electrons. The van der Waals surface area contributed by atoms with E-state index in [-0.39, 0.29) is 5.54 Å². The normalized spacial score (nSPS) is 14.6. The van der Waals surface area contributed by atoms with E-state index in [0.717, 1.165) is 18.8 Å². The second-order valence-electron chi connectivity index (χ2n) is 5.25. The molecule has 0 aliphatic carbocycles. The van der Waals surface area contributed by atoms with Gasteiger partial charge in [0, 0.05) is 18.9 Å². The molecule has 0 aliphatic heterocycles. The smallest absolute Gasteiger partial charge is 0.105 e. The van der Waals surface area contributed by atoms with Crippen LogP contribution in [0.5, 0.6) is 0 Å². The molecule has 0 aliphatic rings. The summed E-state index contributed by atoms with van der Waals surface area (Å²) in [6.45, 7) is 5.23. The van der Waals surface area contributed by atoms with Gasteiger partial charge in [-0.05, 0) is 33.0 Å². The molecule has 0 saturated heterocycles. The summed E-state index contributed by atoms with van der Waals surface area (Å²) in [7, 11) is 4.31. The molecule has 1 aromatic heterocycles. The van der Waals surface area contributed by atoms with E-state index in [4.69, 9.17) is 0 Å². The molecule has 1 aromatic carbocycles. The maximum Gasteiger partial charge on any atom is 0.105 e. The van der Waals surface area contributed by atoms with Crippen molar-refractivity contribution in [1.29, 1.82) is 0 Å². The summed E-state index contributed by atoms with van der Waals surface area (Å²) < 4.78 is 2.23. The number of benzene rings is 1. The molecular formula is C16H23N3. The van der Waals surface area contributed by atoms with Crippen molar-refractivity contribution in [2.24, 2.45) is 0 Å². The first kappa shape index (κ1) is 13.8. The van der Waals surface area contributed by atoms with Crippen LogP contribution in [0.2, 0.25) is 0 Å². The van der Waals surface area contributed by atoms with Gasteiger partial charge in [0.15, 0.2) is 0 Å². The average Bonchev–Trinajstić information content (AvgIpc) is 2.82. The lowest BCUT2D eigenvalue weighted by molar-refractivity contribution is 0.119. The molecule has 0 amide bonds. The second-order valence-corrected chi connectivity index (χ2v) is 5.25. The van der Waals surface area contributed by atoms with Crippen LogP contribution in [0.3, 0.4) is 0 Å². The number of imidazole rings is 1. The molecule has 0 radical (unpaired) electrons. The van der Waals surface area contributed by atoms with Crippen molar-refractivity contribution >= 4 is 0 Å². The van der Waals surface area contributed by atoms with Crippen molar-refractivity contribution in [1.82, 2.24) is 14.5 Å². The van der Waals surface area contributed by atoms with Gasteiger partial charge in [0.25, 0.3) is 0 Å². The summed E-state index contributed by atoms with van der Waals surface area (Å²) in [5, 5.41) is 0. The molecule has 3 nitrogen and oxygen atoms in total. The van der Waals surface area contributed by atoms with E-state index in [9.17, 15) is 0 Å². The number of aromatic nitrogens is 2. The zero-order chi connectivity index (χ0) is 13.9. The third-order valence-electron chi connectivity index (χ3n) is 4.11. The number of hydrogen-bond acceptors (Lipinski definition) is 2. The summed E-state index contributed by atoms with van der Waals surface area (Å²) in [5.74, 6) is 1.07. The zero-order valence-electron chi connectivity index (χ0n) is 12.3. The third kappa shape index (κ3) is 2.56. The van der Waals surface area contributed by atoms with Gasteiger partial charge in [0.05, 0.1) is 5.54 Å². The number of aryl methyl sites for hydroxylation is 1. The summed E-state index contributed by atoms with van der Waals surface area (Å²) in [5.41, 5.74) is 1.36. The molecule has 1 unspecified atom stereocenters. The van der Waals surface area contributed by atoms with E-state index < -0.39 is 0 Å². The Morgan fingerprint density at radius 2 is 1.89 bits per heavy atom. The Morgan fingerprint density at radius 1 is 1.21 bits per heavy atom. The first-order valence-electron chi connectivity index (χ1n) is 6.81. The molecule has 0 bridgehead atoms. The highest BCUT2D eigenvalue weighted by Crippen LogP contribution is 2.32. The van der Waals surface area contributed by atoms with E-state index in [1.54, 1.807) is 0 Å². The first-order chi connectivity index (χ1) is 9.10. The van der Waals surface area contributed by atoms with Gasteiger partial charge in [-0.3, -0.25) is 4.90 Å². The monoisotopic (exact) mass is 257 g/mol. The number of likely N-dealkylation sites (N-methyl/N-ethyl adjacent to an activating group) is 1. The molecule has 2 rings (SSSR count). The standard InChI is InChI=1S/C16H23N3/c1-5-16(18(3)4,15-9-7-6-8-10-15)13-19-12-11-17-14(19)2/h6-12H,5,13H2,1-4H3. The van der Waals surface area contributed by atoms with Crippen molar-refractivity contribution < 1.29 is 0 Å². The molecule has 1 heterocycles. The van der Waals surface area contributed by atoms with Gasteiger partial charge >= 0.3 is 0 Å². The molecule has 0 spiro atoms. The lowest BCUT2D eigenvalue weighted by Crippen LogP contribution is -2.44. The van der Waals surface area contributed by atoms with E-state index in [0.29, 0.717) is 0 Å². The molecule has 0 N–H and O–H groups in total. The minimum absolute atomic E-state index is 0.00667. The van der Waals surface area contributed by atoms with Gasteiger partial charge in [0.1, 0.15) is 5.82 Å². The highest BCUT2D eigenvalue weighted by Gasteiger charge is 2.33. The van der Waals surface area contributed by atoms with Crippen LogP contribution < -0.4 is 0 Å². The van der Waals surface area contributed by atoms with Crippen molar-refractivity contribution in [3.8, 4) is 0 Å². The highest BCUT2D eigenvalue weighted by atomic mass is 15.2. The quantitative estimate of drug-likeness (QED) is 0.821. The van der Waals surface area contributed by atoms with Gasteiger partial charge in [-0.15, -0.1) is 0 Å². The summed E-state index contributed by atoms with van der Waals surface area (Å²) in [6.07, 6.45) is 4.99. The Balaban J connectivity index is 2.43. The molecule has 0 fully saturated rings. The van der Waals surface area contributed by atoms with Gasteiger partial charge in [-0.1, -0.05) is 37.3 Å². The summed E-state index contributed by atoms with van der Waals surface area (Å²) in [4.78, 5) is 6.65. The van der Waals surface area contributed by atoms with E-state index in [1.807, 2.05) is 6.20 Å². The lowest BCUT2D eigenvalue weighted by atomic mass is 9.85. The number of nitrogens with zero attached hydrogens (tertiary/aromatic N) is 3. The fourth-order valence-electron chi connectivity index (χ4n) is 2.72. The van der Waals surface area contributed by atoms with Gasteiger partial charge in [-0.25, -0.2) is 4.98 Å². The van der Waals surface area contributed by atoms with E-state index in [1.165, 1.54) is 5.56 Å². The van der Waals surface area contributed by atoms with Crippen LogP contribution in [0.25, 0.3) is 0 Å². The lowest BCUT2D eigenvalue weighted by Gasteiger charge is -2.40. The van der Waals surface area contributed by atoms with Crippen LogP contribution in [0.15, 0.2) is 42.7 Å². The Kier molecular flexibility index (Phi) is 4.05. The maximum atomic E-state index is 4.33. The third-order valence-corrected chi connectivity index (χ3v) is 4.11. The van der Waals surface area contributed by atoms with Gasteiger partial charge < -0.3 is 4.57 Å². The van der Waals surface area contributed by atoms with Crippen molar-refractivity contribution in [3.63, 3.8) is 0 Å². The molecule has 1 atom stereocenters. The van der Waals surface area contributed by atoms with E-state index >= 15 is 0 Å². The van der Waals surface area contributed by atoms with Crippen molar-refractivity contribution in [2.45, 2.75) is 32.4 Å². The van der Waals surface area contributed by atoms with Crippen LogP contribution in [-0.2, 0) is 12.1 Å². The van der Waals surface area contributed by atoms with Crippen LogP contribution in [0, 0.1) is 6.92 Å². The van der Waals surface area contributed by atoms with Crippen LogP contribution in [0.4, 0.5) is 0 Å². The van der Waals surface area contributed by atoms with Crippen molar-refractivity contribution in [3.05, 3.63) is 54.1 Å². The minimum Gasteiger partial charge on any atom is -0.333 e. The van der Waals surface area contributed by atoms with Crippen LogP contribution in [0.1, 0.15) is 24.7 Å². The predicted octanol–water partition coefficient (Wildman–Crippen LogP) is 3.06. The van der Waals surface area contributed by atoms with Crippen LogP contribution >= 0.6 is 0 Å².